The summed E-state index contributed by atoms with van der Waals surface area (Å²) >= 11 is 0. The van der Waals surface area contributed by atoms with Gasteiger partial charge in [-0.3, -0.25) is 0 Å². The van der Waals surface area contributed by atoms with Crippen LogP contribution in [0.2, 0.25) is 0 Å². The minimum atomic E-state index is -3.76. The standard InChI is InChI=1S/C9H6ClNO4S/c10-16(12,13)9-3-11-6-2-8-7(1-5(6)9)14-4-15-8/h1-3,11H,4H2. The van der Waals surface area contributed by atoms with Crippen LogP contribution in [-0.4, -0.2) is 20.2 Å². The third-order valence-corrected chi connectivity index (χ3v) is 3.76. The molecule has 0 saturated heterocycles. The van der Waals surface area contributed by atoms with Crippen molar-refractivity contribution in [3.63, 3.8) is 0 Å². The Morgan fingerprint density at radius 1 is 1.25 bits per heavy atom. The SMILES string of the molecule is O=S(=O)(Cl)c1c[nH]c2cc3c(cc12)OCO3. The summed E-state index contributed by atoms with van der Waals surface area (Å²) < 4.78 is 32.9. The Hall–Kier alpha value is -1.40. The number of fused-ring (bicyclic) bond motifs is 2. The summed E-state index contributed by atoms with van der Waals surface area (Å²) in [6, 6.07) is 3.28. The van der Waals surface area contributed by atoms with Gasteiger partial charge in [0.05, 0.1) is 5.52 Å². The molecule has 2 heterocycles. The van der Waals surface area contributed by atoms with Crippen molar-refractivity contribution in [3.8, 4) is 11.5 Å². The molecule has 1 aliphatic heterocycles. The van der Waals surface area contributed by atoms with Gasteiger partial charge in [-0.2, -0.15) is 0 Å². The molecule has 3 rings (SSSR count). The topological polar surface area (TPSA) is 68.4 Å². The largest absolute Gasteiger partial charge is 0.454 e. The maximum atomic E-state index is 11.3. The Labute approximate surface area is 95.3 Å². The zero-order valence-electron chi connectivity index (χ0n) is 7.86. The first-order valence-corrected chi connectivity index (χ1v) is 6.72. The number of halogens is 1. The highest BCUT2D eigenvalue weighted by Gasteiger charge is 2.21. The lowest BCUT2D eigenvalue weighted by atomic mass is 10.2. The van der Waals surface area contributed by atoms with Crippen molar-refractivity contribution in [2.75, 3.05) is 6.79 Å². The molecule has 0 amide bonds. The maximum absolute atomic E-state index is 11.3. The van der Waals surface area contributed by atoms with E-state index >= 15 is 0 Å². The number of aromatic nitrogens is 1. The molecule has 0 radical (unpaired) electrons. The lowest BCUT2D eigenvalue weighted by Crippen LogP contribution is -1.93. The smallest absolute Gasteiger partial charge is 0.263 e. The van der Waals surface area contributed by atoms with Gasteiger partial charge in [0.25, 0.3) is 9.05 Å². The zero-order chi connectivity index (χ0) is 11.3. The number of H-pyrrole nitrogens is 1. The molecule has 84 valence electrons. The average Bonchev–Trinajstić information content (AvgIpc) is 2.76. The normalized spacial score (nSPS) is 14.6. The summed E-state index contributed by atoms with van der Waals surface area (Å²) in [5, 5.41) is 0.499. The molecular formula is C9H6ClNO4S. The second-order valence-electron chi connectivity index (χ2n) is 3.34. The van der Waals surface area contributed by atoms with E-state index in [1.807, 2.05) is 0 Å². The summed E-state index contributed by atoms with van der Waals surface area (Å²) in [4.78, 5) is 2.87. The minimum Gasteiger partial charge on any atom is -0.454 e. The van der Waals surface area contributed by atoms with E-state index in [4.69, 9.17) is 20.2 Å². The summed E-state index contributed by atoms with van der Waals surface area (Å²) in [5.41, 5.74) is 0.642. The fourth-order valence-corrected chi connectivity index (χ4v) is 2.70. The van der Waals surface area contributed by atoms with Crippen molar-refractivity contribution in [1.29, 1.82) is 0 Å². The molecule has 0 saturated carbocycles. The van der Waals surface area contributed by atoms with Crippen LogP contribution in [0.25, 0.3) is 10.9 Å². The van der Waals surface area contributed by atoms with Gasteiger partial charge in [-0.15, -0.1) is 0 Å². The monoisotopic (exact) mass is 259 g/mol. The van der Waals surface area contributed by atoms with Gasteiger partial charge in [0.2, 0.25) is 6.79 Å². The highest BCUT2D eigenvalue weighted by atomic mass is 35.7. The number of hydrogen-bond donors (Lipinski definition) is 1. The maximum Gasteiger partial charge on any atom is 0.263 e. The molecule has 0 aliphatic carbocycles. The van der Waals surface area contributed by atoms with Gasteiger partial charge < -0.3 is 14.5 Å². The van der Waals surface area contributed by atoms with E-state index < -0.39 is 9.05 Å². The van der Waals surface area contributed by atoms with Gasteiger partial charge in [-0.1, -0.05) is 0 Å². The first-order valence-electron chi connectivity index (χ1n) is 4.41. The quantitative estimate of drug-likeness (QED) is 0.794. The van der Waals surface area contributed by atoms with Gasteiger partial charge in [-0.05, 0) is 6.07 Å². The van der Waals surface area contributed by atoms with Crippen LogP contribution in [0.1, 0.15) is 0 Å². The number of ether oxygens (including phenoxy) is 2. The Bertz CT molecular complexity index is 676. The van der Waals surface area contributed by atoms with Crippen molar-refractivity contribution in [3.05, 3.63) is 18.3 Å². The lowest BCUT2D eigenvalue weighted by Gasteiger charge is -1.97. The van der Waals surface area contributed by atoms with Crippen LogP contribution in [0.5, 0.6) is 11.5 Å². The van der Waals surface area contributed by atoms with Crippen molar-refractivity contribution in [2.45, 2.75) is 4.90 Å². The Kier molecular flexibility index (Phi) is 1.87. The first-order chi connectivity index (χ1) is 7.55. The molecule has 1 aromatic heterocycles. The number of hydrogen-bond acceptors (Lipinski definition) is 4. The summed E-state index contributed by atoms with van der Waals surface area (Å²) in [5.74, 6) is 1.11. The van der Waals surface area contributed by atoms with Gasteiger partial charge in [0.1, 0.15) is 4.90 Å². The van der Waals surface area contributed by atoms with E-state index in [1.54, 1.807) is 12.1 Å². The van der Waals surface area contributed by atoms with Gasteiger partial charge in [-0.25, -0.2) is 8.42 Å². The Morgan fingerprint density at radius 3 is 2.62 bits per heavy atom. The van der Waals surface area contributed by atoms with E-state index in [0.29, 0.717) is 22.4 Å². The van der Waals surface area contributed by atoms with Gasteiger partial charge in [0, 0.05) is 28.3 Å². The fourth-order valence-electron chi connectivity index (χ4n) is 1.69. The highest BCUT2D eigenvalue weighted by molar-refractivity contribution is 8.14. The summed E-state index contributed by atoms with van der Waals surface area (Å²) in [7, 11) is 1.55. The molecule has 0 spiro atoms. The fraction of sp³-hybridized carbons (Fsp3) is 0.111. The van der Waals surface area contributed by atoms with Gasteiger partial charge in [0.15, 0.2) is 11.5 Å². The molecule has 1 aliphatic rings. The van der Waals surface area contributed by atoms with Crippen molar-refractivity contribution < 1.29 is 17.9 Å². The molecular weight excluding hydrogens is 254 g/mol. The van der Waals surface area contributed by atoms with Crippen molar-refractivity contribution in [1.82, 2.24) is 4.98 Å². The van der Waals surface area contributed by atoms with E-state index in [0.717, 1.165) is 0 Å². The minimum absolute atomic E-state index is 0.0440. The molecule has 0 bridgehead atoms. The van der Waals surface area contributed by atoms with Crippen LogP contribution in [0, 0.1) is 0 Å². The summed E-state index contributed by atoms with van der Waals surface area (Å²) in [6.07, 6.45) is 1.35. The molecule has 1 aromatic carbocycles. The number of aromatic amines is 1. The molecule has 0 fully saturated rings. The van der Waals surface area contributed by atoms with E-state index in [2.05, 4.69) is 4.98 Å². The van der Waals surface area contributed by atoms with Crippen LogP contribution in [-0.2, 0) is 9.05 Å². The molecule has 2 aromatic rings. The van der Waals surface area contributed by atoms with Crippen LogP contribution in [0.4, 0.5) is 0 Å². The van der Waals surface area contributed by atoms with Crippen molar-refractivity contribution in [2.24, 2.45) is 0 Å². The van der Waals surface area contributed by atoms with E-state index in [9.17, 15) is 8.42 Å². The zero-order valence-corrected chi connectivity index (χ0v) is 9.43. The number of benzene rings is 1. The van der Waals surface area contributed by atoms with Crippen LogP contribution in [0.3, 0.4) is 0 Å². The lowest BCUT2D eigenvalue weighted by molar-refractivity contribution is 0.174. The Morgan fingerprint density at radius 2 is 1.94 bits per heavy atom. The third-order valence-electron chi connectivity index (χ3n) is 2.40. The number of nitrogens with one attached hydrogen (secondary N) is 1. The van der Waals surface area contributed by atoms with Crippen LogP contribution in [0.15, 0.2) is 23.2 Å². The van der Waals surface area contributed by atoms with Crippen LogP contribution < -0.4 is 9.47 Å². The molecule has 5 nitrogen and oxygen atoms in total. The summed E-state index contributed by atoms with van der Waals surface area (Å²) in [6.45, 7) is 0.144. The first kappa shape index (κ1) is 9.80. The Balaban J connectivity index is 2.35. The molecule has 0 unspecified atom stereocenters. The molecule has 16 heavy (non-hydrogen) atoms. The van der Waals surface area contributed by atoms with Gasteiger partial charge >= 0.3 is 0 Å². The second-order valence-corrected chi connectivity index (χ2v) is 5.88. The second kappa shape index (κ2) is 3.05. The van der Waals surface area contributed by atoms with E-state index in [1.165, 1.54) is 6.20 Å². The van der Waals surface area contributed by atoms with Crippen LogP contribution >= 0.6 is 10.7 Å². The molecule has 1 N–H and O–H groups in total. The highest BCUT2D eigenvalue weighted by Crippen LogP contribution is 2.38. The molecule has 0 atom stereocenters. The van der Waals surface area contributed by atoms with E-state index in [-0.39, 0.29) is 11.7 Å². The number of rotatable bonds is 1. The average molecular weight is 260 g/mol. The third kappa shape index (κ3) is 1.34. The predicted molar refractivity (Wildman–Crippen MR) is 57.5 cm³/mol. The molecule has 7 heteroatoms. The predicted octanol–water partition coefficient (Wildman–Crippen LogP) is 1.82. The van der Waals surface area contributed by atoms with Crippen molar-refractivity contribution >= 4 is 30.6 Å².